The number of nitrogens with zero attached hydrogens (tertiary/aromatic N) is 2. The summed E-state index contributed by atoms with van der Waals surface area (Å²) < 4.78 is 0. The van der Waals surface area contributed by atoms with Crippen LogP contribution in [0, 0.1) is 0 Å². The standard InChI is InChI=1S/C28H39N5O3/c1-4-12-21-19-32(26(36)17-9-6-13-20(3)34)24-15-8-7-14-23(24)28(27(30)22(21)5-2)33(31)18-11-10-16-25(29)35/h4-5,7-8,12,14-15H,2,6,9-11,13,16-19,30-31H2,1,3H3,(H2,29,35)/b12-4-,22-21-,28-27-. The number of primary amides is 1. The van der Waals surface area contributed by atoms with Crippen molar-refractivity contribution in [1.29, 1.82) is 0 Å². The number of amides is 2. The number of anilines is 1. The fraction of sp³-hybridized carbons (Fsp3) is 0.393. The molecule has 1 aromatic carbocycles. The molecule has 1 aliphatic heterocycles. The van der Waals surface area contributed by atoms with Crippen LogP contribution in [0.1, 0.15) is 64.4 Å². The van der Waals surface area contributed by atoms with Crippen LogP contribution in [0.3, 0.4) is 0 Å². The molecule has 0 spiro atoms. The molecule has 0 saturated heterocycles. The summed E-state index contributed by atoms with van der Waals surface area (Å²) in [6, 6.07) is 7.56. The molecule has 0 atom stereocenters. The van der Waals surface area contributed by atoms with Gasteiger partial charge in [0.1, 0.15) is 5.78 Å². The third-order valence-corrected chi connectivity index (χ3v) is 6.07. The van der Waals surface area contributed by atoms with Gasteiger partial charge < -0.3 is 26.2 Å². The zero-order valence-electron chi connectivity index (χ0n) is 21.5. The van der Waals surface area contributed by atoms with Gasteiger partial charge in [0.05, 0.1) is 23.6 Å². The molecule has 8 heteroatoms. The largest absolute Gasteiger partial charge is 0.396 e. The van der Waals surface area contributed by atoms with Gasteiger partial charge in [-0.3, -0.25) is 9.59 Å². The molecular weight excluding hydrogens is 454 g/mol. The van der Waals surface area contributed by atoms with E-state index in [0.29, 0.717) is 74.3 Å². The second-order valence-corrected chi connectivity index (χ2v) is 8.93. The van der Waals surface area contributed by atoms with Gasteiger partial charge in [-0.25, -0.2) is 5.84 Å². The van der Waals surface area contributed by atoms with Gasteiger partial charge in [-0.2, -0.15) is 0 Å². The summed E-state index contributed by atoms with van der Waals surface area (Å²) in [5.74, 6) is 6.28. The van der Waals surface area contributed by atoms with Crippen molar-refractivity contribution in [2.45, 2.75) is 58.8 Å². The maximum Gasteiger partial charge on any atom is 0.227 e. The molecule has 0 bridgehead atoms. The van der Waals surface area contributed by atoms with Gasteiger partial charge in [0.25, 0.3) is 0 Å². The molecule has 1 aromatic rings. The minimum absolute atomic E-state index is 0.0405. The number of hydrogen-bond acceptors (Lipinski definition) is 6. The van der Waals surface area contributed by atoms with E-state index in [1.54, 1.807) is 22.9 Å². The van der Waals surface area contributed by atoms with E-state index >= 15 is 0 Å². The number of unbranched alkanes of at least 4 members (excludes halogenated alkanes) is 2. The Hall–Kier alpha value is -3.65. The number of fused-ring (bicyclic) bond motifs is 1. The number of carbonyl (C=O) groups excluding carboxylic acids is 3. The molecule has 0 unspecified atom stereocenters. The van der Waals surface area contributed by atoms with E-state index in [9.17, 15) is 14.4 Å². The topological polar surface area (TPSA) is 136 Å². The lowest BCUT2D eigenvalue weighted by atomic mass is 9.95. The van der Waals surface area contributed by atoms with Crippen molar-refractivity contribution in [2.75, 3.05) is 18.0 Å². The van der Waals surface area contributed by atoms with Crippen molar-refractivity contribution in [3.8, 4) is 0 Å². The number of nitrogens with two attached hydrogens (primary N) is 3. The molecular formula is C28H39N5O3. The Balaban J connectivity index is 2.54. The molecule has 194 valence electrons. The Morgan fingerprint density at radius 1 is 1.08 bits per heavy atom. The fourth-order valence-corrected chi connectivity index (χ4v) is 4.29. The van der Waals surface area contributed by atoms with Crippen molar-refractivity contribution in [2.24, 2.45) is 17.3 Å². The Kier molecular flexibility index (Phi) is 11.1. The number of para-hydroxylation sites is 1. The average molecular weight is 494 g/mol. The van der Waals surface area contributed by atoms with Crippen molar-refractivity contribution < 1.29 is 14.4 Å². The summed E-state index contributed by atoms with van der Waals surface area (Å²) in [5.41, 5.74) is 16.1. The van der Waals surface area contributed by atoms with Crippen molar-refractivity contribution in [3.05, 3.63) is 71.5 Å². The van der Waals surface area contributed by atoms with Crippen LogP contribution in [-0.4, -0.2) is 35.7 Å². The summed E-state index contributed by atoms with van der Waals surface area (Å²) in [7, 11) is 0. The second-order valence-electron chi connectivity index (χ2n) is 8.93. The second kappa shape index (κ2) is 14.0. The van der Waals surface area contributed by atoms with E-state index in [-0.39, 0.29) is 24.0 Å². The van der Waals surface area contributed by atoms with Crippen LogP contribution in [0.5, 0.6) is 0 Å². The first-order valence-electron chi connectivity index (χ1n) is 12.4. The van der Waals surface area contributed by atoms with E-state index in [4.69, 9.17) is 17.3 Å². The first-order valence-corrected chi connectivity index (χ1v) is 12.4. The highest BCUT2D eigenvalue weighted by Crippen LogP contribution is 2.36. The third kappa shape index (κ3) is 7.68. The predicted octanol–water partition coefficient (Wildman–Crippen LogP) is 3.70. The molecule has 2 amide bonds. The number of benzene rings is 1. The van der Waals surface area contributed by atoms with Crippen LogP contribution in [0.15, 0.2) is 65.9 Å². The molecule has 0 aromatic heterocycles. The summed E-state index contributed by atoms with van der Waals surface area (Å²) in [6.07, 6.45) is 9.15. The van der Waals surface area contributed by atoms with Crippen LogP contribution in [0.4, 0.5) is 5.69 Å². The zero-order valence-corrected chi connectivity index (χ0v) is 21.5. The highest BCUT2D eigenvalue weighted by atomic mass is 16.2. The van der Waals surface area contributed by atoms with Gasteiger partial charge in [0.15, 0.2) is 0 Å². The Morgan fingerprint density at radius 2 is 1.75 bits per heavy atom. The first-order chi connectivity index (χ1) is 17.2. The smallest absolute Gasteiger partial charge is 0.227 e. The van der Waals surface area contributed by atoms with Gasteiger partial charge in [0, 0.05) is 36.9 Å². The number of Topliss-reactive ketones (excluding diaryl/α,β-unsaturated/α-hetero) is 1. The fourth-order valence-electron chi connectivity index (χ4n) is 4.29. The molecule has 36 heavy (non-hydrogen) atoms. The molecule has 1 aliphatic rings. The van der Waals surface area contributed by atoms with Gasteiger partial charge in [0.2, 0.25) is 11.8 Å². The normalized spacial score (nSPS) is 17.9. The summed E-state index contributed by atoms with van der Waals surface area (Å²) in [4.78, 5) is 37.7. The van der Waals surface area contributed by atoms with Crippen LogP contribution in [-0.2, 0) is 14.4 Å². The lowest BCUT2D eigenvalue weighted by Crippen LogP contribution is -2.38. The monoisotopic (exact) mass is 493 g/mol. The Bertz CT molecular complexity index is 1070. The minimum Gasteiger partial charge on any atom is -0.396 e. The molecule has 0 aliphatic carbocycles. The quantitative estimate of drug-likeness (QED) is 0.218. The van der Waals surface area contributed by atoms with E-state index < -0.39 is 0 Å². The summed E-state index contributed by atoms with van der Waals surface area (Å²) >= 11 is 0. The maximum absolute atomic E-state index is 13.5. The van der Waals surface area contributed by atoms with Crippen LogP contribution >= 0.6 is 0 Å². The molecule has 6 N–H and O–H groups in total. The molecule has 1 heterocycles. The zero-order chi connectivity index (χ0) is 26.7. The highest BCUT2D eigenvalue weighted by Gasteiger charge is 2.27. The van der Waals surface area contributed by atoms with Crippen molar-refractivity contribution in [1.82, 2.24) is 5.01 Å². The van der Waals surface area contributed by atoms with Crippen LogP contribution in [0.25, 0.3) is 5.70 Å². The number of carbonyl (C=O) groups is 3. The number of ketones is 1. The minimum atomic E-state index is -0.348. The Labute approximate surface area is 214 Å². The van der Waals surface area contributed by atoms with Crippen molar-refractivity contribution in [3.63, 3.8) is 0 Å². The number of rotatable bonds is 13. The van der Waals surface area contributed by atoms with Gasteiger partial charge in [-0.15, -0.1) is 0 Å². The van der Waals surface area contributed by atoms with Gasteiger partial charge >= 0.3 is 0 Å². The first kappa shape index (κ1) is 28.6. The van der Waals surface area contributed by atoms with E-state index in [1.165, 1.54) is 0 Å². The summed E-state index contributed by atoms with van der Waals surface area (Å²) in [5, 5.41) is 1.58. The van der Waals surface area contributed by atoms with E-state index in [0.717, 1.165) is 11.1 Å². The molecule has 0 saturated carbocycles. The number of hydrogen-bond donors (Lipinski definition) is 3. The van der Waals surface area contributed by atoms with Gasteiger partial charge in [-0.05, 0) is 51.2 Å². The predicted molar refractivity (Wildman–Crippen MR) is 145 cm³/mol. The van der Waals surface area contributed by atoms with Crippen molar-refractivity contribution >= 4 is 29.0 Å². The lowest BCUT2D eigenvalue weighted by molar-refractivity contribution is -0.119. The maximum atomic E-state index is 13.5. The average Bonchev–Trinajstić information content (AvgIpc) is 2.83. The van der Waals surface area contributed by atoms with Gasteiger partial charge in [-0.1, -0.05) is 43.0 Å². The summed E-state index contributed by atoms with van der Waals surface area (Å²) in [6.45, 7) is 8.22. The molecule has 2 rings (SSSR count). The van der Waals surface area contributed by atoms with Crippen LogP contribution < -0.4 is 22.2 Å². The third-order valence-electron chi connectivity index (χ3n) is 6.07. The number of allylic oxidation sites excluding steroid dienone is 2. The van der Waals surface area contributed by atoms with Crippen LogP contribution in [0.2, 0.25) is 0 Å². The number of hydrazine groups is 1. The Morgan fingerprint density at radius 3 is 2.39 bits per heavy atom. The molecule has 0 fully saturated rings. The lowest BCUT2D eigenvalue weighted by Gasteiger charge is -2.33. The molecule has 8 nitrogen and oxygen atoms in total. The molecule has 0 radical (unpaired) electrons. The van der Waals surface area contributed by atoms with E-state index in [1.807, 2.05) is 43.3 Å². The SMILES string of the molecule is C=CC1=C(\C=C/C)CN(C(=O)CCCCC(C)=O)c2ccccc2/C(N(N)CCCCC(N)=O)=C\1N. The highest BCUT2D eigenvalue weighted by molar-refractivity contribution is 5.98. The van der Waals surface area contributed by atoms with E-state index in [2.05, 4.69) is 6.58 Å².